The molecule has 10 heteroatoms. The van der Waals surface area contributed by atoms with Crippen molar-refractivity contribution in [2.75, 3.05) is 0 Å². The van der Waals surface area contributed by atoms with E-state index in [9.17, 15) is 13.2 Å². The molecular weight excluding hydrogens is 399 g/mol. The van der Waals surface area contributed by atoms with Crippen molar-refractivity contribution < 1.29 is 22.6 Å². The molecule has 0 radical (unpaired) electrons. The highest BCUT2D eigenvalue weighted by molar-refractivity contribution is 5.41. The highest BCUT2D eigenvalue weighted by atomic mass is 19.4. The van der Waals surface area contributed by atoms with E-state index < -0.39 is 12.0 Å². The first-order chi connectivity index (χ1) is 14.3. The van der Waals surface area contributed by atoms with Crippen molar-refractivity contribution in [1.82, 2.24) is 19.6 Å². The van der Waals surface area contributed by atoms with Crippen LogP contribution in [0.25, 0.3) is 5.78 Å². The first-order valence-corrected chi connectivity index (χ1v) is 8.59. The summed E-state index contributed by atoms with van der Waals surface area (Å²) in [5.41, 5.74) is 0.950. The zero-order valence-electron chi connectivity index (χ0n) is 15.4. The molecule has 0 spiro atoms. The topological polar surface area (TPSA) is 85.3 Å². The van der Waals surface area contributed by atoms with E-state index >= 15 is 0 Å². The van der Waals surface area contributed by atoms with Crippen LogP contribution in [0.5, 0.6) is 23.1 Å². The summed E-state index contributed by atoms with van der Waals surface area (Å²) < 4.78 is 51.0. The van der Waals surface area contributed by atoms with Gasteiger partial charge in [0, 0.05) is 11.8 Å². The molecule has 0 aliphatic carbocycles. The van der Waals surface area contributed by atoms with Gasteiger partial charge in [-0.25, -0.2) is 4.98 Å². The van der Waals surface area contributed by atoms with Gasteiger partial charge in [0.2, 0.25) is 5.88 Å². The van der Waals surface area contributed by atoms with Gasteiger partial charge < -0.3 is 9.47 Å². The third-order valence-corrected chi connectivity index (χ3v) is 3.93. The van der Waals surface area contributed by atoms with Crippen LogP contribution in [0.15, 0.2) is 54.6 Å². The quantitative estimate of drug-likeness (QED) is 0.474. The number of ether oxygens (including phenoxy) is 2. The lowest BCUT2D eigenvalue weighted by molar-refractivity contribution is -0.144. The molecule has 0 saturated carbocycles. The number of aromatic nitrogens is 4. The van der Waals surface area contributed by atoms with Crippen molar-refractivity contribution in [2.45, 2.75) is 13.1 Å². The van der Waals surface area contributed by atoms with E-state index in [4.69, 9.17) is 14.7 Å². The lowest BCUT2D eigenvalue weighted by Crippen LogP contribution is -2.07. The standard InChI is InChI=1S/C20H12F3N5O2/c1-12-10-17(28-19(25-12)26-18(27-28)20(21,22)23)30-16-8-6-15(7-9-16)29-14-4-2-13(11-24)3-5-14/h2-10H,1H3. The highest BCUT2D eigenvalue weighted by Crippen LogP contribution is 2.30. The summed E-state index contributed by atoms with van der Waals surface area (Å²) in [6, 6.07) is 16.6. The van der Waals surface area contributed by atoms with Gasteiger partial charge in [0.15, 0.2) is 0 Å². The lowest BCUT2D eigenvalue weighted by atomic mass is 10.2. The molecular formula is C20H12F3N5O2. The molecule has 2 heterocycles. The van der Waals surface area contributed by atoms with E-state index in [1.807, 2.05) is 6.07 Å². The molecule has 150 valence electrons. The van der Waals surface area contributed by atoms with Crippen LogP contribution in [-0.2, 0) is 6.18 Å². The zero-order valence-corrected chi connectivity index (χ0v) is 15.4. The van der Waals surface area contributed by atoms with Gasteiger partial charge in [-0.3, -0.25) is 0 Å². The fraction of sp³-hybridized carbons (Fsp3) is 0.100. The predicted octanol–water partition coefficient (Wildman–Crippen LogP) is 4.91. The molecule has 0 atom stereocenters. The molecule has 4 rings (SSSR count). The molecule has 2 aromatic heterocycles. The molecule has 0 amide bonds. The van der Waals surface area contributed by atoms with Crippen LogP contribution in [0.3, 0.4) is 0 Å². The van der Waals surface area contributed by atoms with Gasteiger partial charge in [0.1, 0.15) is 17.2 Å². The van der Waals surface area contributed by atoms with Crippen LogP contribution < -0.4 is 9.47 Å². The number of halogens is 3. The number of hydrogen-bond acceptors (Lipinski definition) is 6. The Morgan fingerprint density at radius 3 is 2.03 bits per heavy atom. The monoisotopic (exact) mass is 411 g/mol. The van der Waals surface area contributed by atoms with Crippen LogP contribution >= 0.6 is 0 Å². The Morgan fingerprint density at radius 2 is 1.47 bits per heavy atom. The molecule has 0 fully saturated rings. The fourth-order valence-electron chi connectivity index (χ4n) is 2.58. The Balaban J connectivity index is 1.56. The number of rotatable bonds is 4. The summed E-state index contributed by atoms with van der Waals surface area (Å²) in [5.74, 6) is -0.0336. The van der Waals surface area contributed by atoms with Crippen molar-refractivity contribution in [2.24, 2.45) is 0 Å². The van der Waals surface area contributed by atoms with Crippen molar-refractivity contribution in [3.05, 3.63) is 71.7 Å². The minimum absolute atomic E-state index is 0.0428. The third kappa shape index (κ3) is 4.00. The SMILES string of the molecule is Cc1cc(Oc2ccc(Oc3ccc(C#N)cc3)cc2)n2nc(C(F)(F)F)nc2n1. The largest absolute Gasteiger partial charge is 0.457 e. The molecule has 0 aliphatic rings. The number of fused-ring (bicyclic) bond motifs is 1. The fourth-order valence-corrected chi connectivity index (χ4v) is 2.58. The number of alkyl halides is 3. The van der Waals surface area contributed by atoms with Crippen molar-refractivity contribution in [3.8, 4) is 29.2 Å². The molecule has 0 N–H and O–H groups in total. The van der Waals surface area contributed by atoms with E-state index in [1.54, 1.807) is 55.5 Å². The Morgan fingerprint density at radius 1 is 0.900 bits per heavy atom. The van der Waals surface area contributed by atoms with Crippen molar-refractivity contribution in [3.63, 3.8) is 0 Å². The minimum atomic E-state index is -4.69. The van der Waals surface area contributed by atoms with Gasteiger partial charge in [0.05, 0.1) is 11.6 Å². The van der Waals surface area contributed by atoms with Gasteiger partial charge in [-0.1, -0.05) is 0 Å². The Hall–Kier alpha value is -4.13. The smallest absolute Gasteiger partial charge is 0.453 e. The van der Waals surface area contributed by atoms with E-state index in [0.29, 0.717) is 28.5 Å². The van der Waals surface area contributed by atoms with E-state index in [2.05, 4.69) is 15.1 Å². The van der Waals surface area contributed by atoms with Crippen LogP contribution in [0.4, 0.5) is 13.2 Å². The second-order valence-electron chi connectivity index (χ2n) is 6.19. The van der Waals surface area contributed by atoms with Crippen molar-refractivity contribution >= 4 is 5.78 Å². The van der Waals surface area contributed by atoms with Crippen LogP contribution in [-0.4, -0.2) is 19.6 Å². The molecule has 30 heavy (non-hydrogen) atoms. The summed E-state index contributed by atoms with van der Waals surface area (Å²) in [5, 5.41) is 12.3. The van der Waals surface area contributed by atoms with Crippen LogP contribution in [0.2, 0.25) is 0 Å². The molecule has 7 nitrogen and oxygen atoms in total. The number of nitriles is 1. The number of benzene rings is 2. The summed E-state index contributed by atoms with van der Waals surface area (Å²) in [4.78, 5) is 7.37. The Labute approximate surface area is 168 Å². The molecule has 0 bridgehead atoms. The third-order valence-electron chi connectivity index (χ3n) is 3.93. The summed E-state index contributed by atoms with van der Waals surface area (Å²) in [7, 11) is 0. The zero-order chi connectivity index (χ0) is 21.3. The molecule has 0 saturated heterocycles. The van der Waals surface area contributed by atoms with Gasteiger partial charge in [-0.2, -0.15) is 27.9 Å². The normalized spacial score (nSPS) is 11.3. The number of aryl methyl sites for hydroxylation is 1. The number of nitrogens with zero attached hydrogens (tertiary/aromatic N) is 5. The maximum absolute atomic E-state index is 12.9. The molecule has 4 aromatic rings. The van der Waals surface area contributed by atoms with Gasteiger partial charge in [-0.15, -0.1) is 5.10 Å². The first-order valence-electron chi connectivity index (χ1n) is 8.59. The maximum atomic E-state index is 12.9. The predicted molar refractivity (Wildman–Crippen MR) is 98.3 cm³/mol. The summed E-state index contributed by atoms with van der Waals surface area (Å²) in [6.07, 6.45) is -4.69. The maximum Gasteiger partial charge on any atom is 0.453 e. The van der Waals surface area contributed by atoms with Gasteiger partial charge in [-0.05, 0) is 55.5 Å². The Kier molecular flexibility index (Phi) is 4.71. The highest BCUT2D eigenvalue weighted by Gasteiger charge is 2.37. The molecule has 0 unspecified atom stereocenters. The van der Waals surface area contributed by atoms with Crippen molar-refractivity contribution in [1.29, 1.82) is 5.26 Å². The van der Waals surface area contributed by atoms with Crippen LogP contribution in [0, 0.1) is 18.3 Å². The van der Waals surface area contributed by atoms with Gasteiger partial charge >= 0.3 is 6.18 Å². The van der Waals surface area contributed by atoms with Crippen LogP contribution in [0.1, 0.15) is 17.1 Å². The average molecular weight is 411 g/mol. The molecule has 0 aliphatic heterocycles. The van der Waals surface area contributed by atoms with E-state index in [0.717, 1.165) is 4.52 Å². The van der Waals surface area contributed by atoms with E-state index in [1.165, 1.54) is 6.07 Å². The lowest BCUT2D eigenvalue weighted by Gasteiger charge is -2.09. The minimum Gasteiger partial charge on any atom is -0.457 e. The van der Waals surface area contributed by atoms with E-state index in [-0.39, 0.29) is 11.7 Å². The average Bonchev–Trinajstić information content (AvgIpc) is 3.15. The first kappa shape index (κ1) is 19.2. The number of hydrogen-bond donors (Lipinski definition) is 0. The molecule has 2 aromatic carbocycles. The van der Waals surface area contributed by atoms with Gasteiger partial charge in [0.25, 0.3) is 11.6 Å². The Bertz CT molecular complexity index is 1240. The summed E-state index contributed by atoms with van der Waals surface area (Å²) in [6.45, 7) is 1.61. The summed E-state index contributed by atoms with van der Waals surface area (Å²) >= 11 is 0. The second-order valence-corrected chi connectivity index (χ2v) is 6.19. The second kappa shape index (κ2) is 7.36.